The molecule has 0 amide bonds. The van der Waals surface area contributed by atoms with Crippen LogP contribution in [0.1, 0.15) is 50.3 Å². The summed E-state index contributed by atoms with van der Waals surface area (Å²) in [5, 5.41) is 9.25. The van der Waals surface area contributed by atoms with E-state index in [9.17, 15) is 24.3 Å². The average Bonchev–Trinajstić information content (AvgIpc) is 2.66. The fourth-order valence-corrected chi connectivity index (χ4v) is 2.86. The van der Waals surface area contributed by atoms with E-state index in [4.69, 9.17) is 18.9 Å². The van der Waals surface area contributed by atoms with Crippen LogP contribution in [0.25, 0.3) is 0 Å². The molecule has 0 aliphatic rings. The van der Waals surface area contributed by atoms with Crippen molar-refractivity contribution >= 4 is 23.9 Å². The lowest BCUT2D eigenvalue weighted by Crippen LogP contribution is -2.31. The van der Waals surface area contributed by atoms with Crippen LogP contribution in [0.2, 0.25) is 0 Å². The normalized spacial score (nSPS) is 11.6. The first kappa shape index (κ1) is 26.1. The standard InChI is InChI=1S/C22H30O9/c1-13(6-20(26)30-19(11-28-16(4)24)12-29-17(5)25)7-21(27)31-22-14(2)8-18(10-23)9-15(22)3/h8-9,13,19,23H,6-7,10-12H2,1-5H3. The Bertz CT molecular complexity index is 759. The van der Waals surface area contributed by atoms with Crippen molar-refractivity contribution in [2.75, 3.05) is 13.2 Å². The second kappa shape index (κ2) is 12.7. The molecule has 0 saturated carbocycles. The molecule has 1 atom stereocenters. The van der Waals surface area contributed by atoms with E-state index in [-0.39, 0.29) is 38.6 Å². The number of benzene rings is 1. The Kier molecular flexibility index (Phi) is 10.7. The maximum Gasteiger partial charge on any atom is 0.311 e. The zero-order valence-electron chi connectivity index (χ0n) is 18.6. The van der Waals surface area contributed by atoms with Gasteiger partial charge in [-0.3, -0.25) is 19.2 Å². The SMILES string of the molecule is CC(=O)OCC(COC(C)=O)OC(=O)CC(C)CC(=O)Oc1c(C)cc(CO)cc1C. The number of hydrogen-bond acceptors (Lipinski definition) is 9. The molecule has 0 aliphatic heterocycles. The summed E-state index contributed by atoms with van der Waals surface area (Å²) >= 11 is 0. The van der Waals surface area contributed by atoms with Gasteiger partial charge >= 0.3 is 23.9 Å². The second-order valence-corrected chi connectivity index (χ2v) is 7.42. The summed E-state index contributed by atoms with van der Waals surface area (Å²) in [5.41, 5.74) is 2.18. The van der Waals surface area contributed by atoms with Gasteiger partial charge in [-0.05, 0) is 36.5 Å². The van der Waals surface area contributed by atoms with Gasteiger partial charge in [0, 0.05) is 26.7 Å². The Morgan fingerprint density at radius 3 is 1.84 bits per heavy atom. The highest BCUT2D eigenvalue weighted by atomic mass is 16.6. The van der Waals surface area contributed by atoms with Crippen LogP contribution in [0.5, 0.6) is 5.75 Å². The molecule has 1 N–H and O–H groups in total. The van der Waals surface area contributed by atoms with Gasteiger partial charge in [0.25, 0.3) is 0 Å². The maximum absolute atomic E-state index is 12.3. The van der Waals surface area contributed by atoms with Crippen molar-refractivity contribution in [3.8, 4) is 5.75 Å². The minimum Gasteiger partial charge on any atom is -0.462 e. The van der Waals surface area contributed by atoms with Crippen LogP contribution in [0.3, 0.4) is 0 Å². The van der Waals surface area contributed by atoms with E-state index < -0.39 is 30.0 Å². The Morgan fingerprint density at radius 1 is 0.903 bits per heavy atom. The largest absolute Gasteiger partial charge is 0.462 e. The molecular formula is C22H30O9. The van der Waals surface area contributed by atoms with Crippen molar-refractivity contribution < 1.29 is 43.2 Å². The summed E-state index contributed by atoms with van der Waals surface area (Å²) < 4.78 is 20.3. The van der Waals surface area contributed by atoms with E-state index in [0.29, 0.717) is 5.75 Å². The van der Waals surface area contributed by atoms with Crippen molar-refractivity contribution in [3.05, 3.63) is 28.8 Å². The lowest BCUT2D eigenvalue weighted by Gasteiger charge is -2.18. The third kappa shape index (κ3) is 10.1. The zero-order valence-corrected chi connectivity index (χ0v) is 18.6. The van der Waals surface area contributed by atoms with E-state index in [2.05, 4.69) is 0 Å². The molecule has 1 unspecified atom stereocenters. The number of aryl methyl sites for hydroxylation is 2. The lowest BCUT2D eigenvalue weighted by atomic mass is 10.0. The highest BCUT2D eigenvalue weighted by Crippen LogP contribution is 2.26. The van der Waals surface area contributed by atoms with Crippen LogP contribution in [0.15, 0.2) is 12.1 Å². The van der Waals surface area contributed by atoms with Gasteiger partial charge in [-0.2, -0.15) is 0 Å². The number of hydrogen-bond donors (Lipinski definition) is 1. The molecule has 0 saturated heterocycles. The van der Waals surface area contributed by atoms with Crippen LogP contribution in [-0.4, -0.2) is 48.3 Å². The van der Waals surface area contributed by atoms with Gasteiger partial charge in [0.15, 0.2) is 6.10 Å². The zero-order chi connectivity index (χ0) is 23.6. The van der Waals surface area contributed by atoms with Crippen LogP contribution in [0, 0.1) is 19.8 Å². The third-order valence-electron chi connectivity index (χ3n) is 4.19. The van der Waals surface area contributed by atoms with Gasteiger partial charge in [0.05, 0.1) is 6.61 Å². The number of ether oxygens (including phenoxy) is 4. The number of carbonyl (C=O) groups is 4. The minimum absolute atomic E-state index is 0.0196. The number of rotatable bonds is 11. The van der Waals surface area contributed by atoms with Crippen LogP contribution < -0.4 is 4.74 Å². The fraction of sp³-hybridized carbons (Fsp3) is 0.545. The van der Waals surface area contributed by atoms with Crippen molar-refractivity contribution in [2.24, 2.45) is 5.92 Å². The topological polar surface area (TPSA) is 125 Å². The van der Waals surface area contributed by atoms with Crippen LogP contribution >= 0.6 is 0 Å². The average molecular weight is 438 g/mol. The van der Waals surface area contributed by atoms with E-state index >= 15 is 0 Å². The number of aliphatic hydroxyl groups is 1. The molecule has 0 aromatic heterocycles. The van der Waals surface area contributed by atoms with Crippen LogP contribution in [0.4, 0.5) is 0 Å². The Labute approximate surface area is 181 Å². The smallest absolute Gasteiger partial charge is 0.311 e. The van der Waals surface area contributed by atoms with E-state index in [1.165, 1.54) is 13.8 Å². The summed E-state index contributed by atoms with van der Waals surface area (Å²) in [6.07, 6.45) is -1.03. The highest BCUT2D eigenvalue weighted by Gasteiger charge is 2.22. The molecule has 1 aromatic rings. The predicted octanol–water partition coefficient (Wildman–Crippen LogP) is 2.16. The Balaban J connectivity index is 2.60. The van der Waals surface area contributed by atoms with E-state index in [0.717, 1.165) is 16.7 Å². The van der Waals surface area contributed by atoms with Crippen molar-refractivity contribution in [2.45, 2.75) is 60.2 Å². The van der Waals surface area contributed by atoms with Crippen molar-refractivity contribution in [1.29, 1.82) is 0 Å². The fourth-order valence-electron chi connectivity index (χ4n) is 2.86. The van der Waals surface area contributed by atoms with Crippen molar-refractivity contribution in [3.63, 3.8) is 0 Å². The van der Waals surface area contributed by atoms with Crippen LogP contribution in [-0.2, 0) is 40.0 Å². The highest BCUT2D eigenvalue weighted by molar-refractivity contribution is 5.75. The van der Waals surface area contributed by atoms with Gasteiger partial charge in [0.2, 0.25) is 0 Å². The maximum atomic E-state index is 12.3. The predicted molar refractivity (Wildman–Crippen MR) is 109 cm³/mol. The summed E-state index contributed by atoms with van der Waals surface area (Å²) in [7, 11) is 0. The van der Waals surface area contributed by atoms with Gasteiger partial charge in [-0.25, -0.2) is 0 Å². The second-order valence-electron chi connectivity index (χ2n) is 7.42. The molecule has 0 aliphatic carbocycles. The lowest BCUT2D eigenvalue weighted by molar-refractivity contribution is -0.166. The molecule has 0 heterocycles. The monoisotopic (exact) mass is 438 g/mol. The molecule has 0 bridgehead atoms. The molecule has 9 heteroatoms. The number of esters is 4. The Hall–Kier alpha value is -2.94. The first-order chi connectivity index (χ1) is 14.5. The summed E-state index contributed by atoms with van der Waals surface area (Å²) in [4.78, 5) is 46.4. The minimum atomic E-state index is -0.935. The molecule has 0 spiro atoms. The summed E-state index contributed by atoms with van der Waals surface area (Å²) in [5.74, 6) is -2.18. The molecule has 0 radical (unpaired) electrons. The molecule has 0 fully saturated rings. The summed E-state index contributed by atoms with van der Waals surface area (Å²) in [6.45, 7) is 7.08. The number of carbonyl (C=O) groups excluding carboxylic acids is 4. The molecule has 172 valence electrons. The van der Waals surface area contributed by atoms with E-state index in [1.807, 2.05) is 0 Å². The van der Waals surface area contributed by atoms with Crippen molar-refractivity contribution in [1.82, 2.24) is 0 Å². The first-order valence-corrected chi connectivity index (χ1v) is 9.89. The van der Waals surface area contributed by atoms with Gasteiger partial charge in [-0.15, -0.1) is 0 Å². The summed E-state index contributed by atoms with van der Waals surface area (Å²) in [6, 6.07) is 3.48. The Morgan fingerprint density at radius 2 is 1.39 bits per heavy atom. The van der Waals surface area contributed by atoms with Gasteiger partial charge in [0.1, 0.15) is 19.0 Å². The first-order valence-electron chi connectivity index (χ1n) is 9.89. The molecule has 1 rings (SSSR count). The molecular weight excluding hydrogens is 408 g/mol. The quantitative estimate of drug-likeness (QED) is 0.314. The van der Waals surface area contributed by atoms with Gasteiger partial charge in [-0.1, -0.05) is 19.1 Å². The number of aliphatic hydroxyl groups excluding tert-OH is 1. The van der Waals surface area contributed by atoms with Gasteiger partial charge < -0.3 is 24.1 Å². The molecule has 1 aromatic carbocycles. The third-order valence-corrected chi connectivity index (χ3v) is 4.19. The molecule has 9 nitrogen and oxygen atoms in total. The molecule has 31 heavy (non-hydrogen) atoms. The van der Waals surface area contributed by atoms with E-state index in [1.54, 1.807) is 32.9 Å².